The summed E-state index contributed by atoms with van der Waals surface area (Å²) in [6.45, 7) is 0.423. The third-order valence-corrected chi connectivity index (χ3v) is 4.42. The number of hydrogen-bond donors (Lipinski definition) is 1. The van der Waals surface area contributed by atoms with Gasteiger partial charge in [0.05, 0.1) is 0 Å². The Hall–Kier alpha value is -1.45. The molecule has 0 bridgehead atoms. The van der Waals surface area contributed by atoms with Crippen molar-refractivity contribution in [1.82, 2.24) is 5.32 Å². The second kappa shape index (κ2) is 6.12. The maximum absolute atomic E-state index is 13.5. The average molecular weight is 308 g/mol. The summed E-state index contributed by atoms with van der Waals surface area (Å²) in [5, 5.41) is 4.12. The molecule has 1 aliphatic carbocycles. The molecule has 2 aromatic rings. The molecule has 0 spiro atoms. The fourth-order valence-corrected chi connectivity index (χ4v) is 3.05. The molecule has 0 atom stereocenters. The lowest BCUT2D eigenvalue weighted by Gasteiger charge is -2.37. The Kier molecular flexibility index (Phi) is 4.22. The molecule has 0 aromatic heterocycles. The molecular formula is C17H16ClF2N. The average Bonchev–Trinajstić information content (AvgIpc) is 2.41. The summed E-state index contributed by atoms with van der Waals surface area (Å²) < 4.78 is 26.3. The van der Waals surface area contributed by atoms with Crippen LogP contribution in [0.5, 0.6) is 0 Å². The van der Waals surface area contributed by atoms with Crippen molar-refractivity contribution < 1.29 is 8.78 Å². The van der Waals surface area contributed by atoms with Gasteiger partial charge in [-0.05, 0) is 36.5 Å². The highest BCUT2D eigenvalue weighted by atomic mass is 35.5. The molecule has 0 amide bonds. The van der Waals surface area contributed by atoms with Gasteiger partial charge in [-0.2, -0.15) is 0 Å². The predicted octanol–water partition coefficient (Wildman–Crippen LogP) is 4.65. The smallest absolute Gasteiger partial charge is 0.130 e. The highest BCUT2D eigenvalue weighted by Gasteiger charge is 2.31. The summed E-state index contributed by atoms with van der Waals surface area (Å²) in [7, 11) is 0. The van der Waals surface area contributed by atoms with Gasteiger partial charge in [0.25, 0.3) is 0 Å². The van der Waals surface area contributed by atoms with Crippen LogP contribution < -0.4 is 5.32 Å². The van der Waals surface area contributed by atoms with Gasteiger partial charge in [-0.1, -0.05) is 35.9 Å². The number of benzene rings is 2. The van der Waals surface area contributed by atoms with Gasteiger partial charge in [-0.3, -0.25) is 0 Å². The van der Waals surface area contributed by atoms with Crippen LogP contribution in [0.3, 0.4) is 0 Å². The molecule has 1 N–H and O–H groups in total. The lowest BCUT2D eigenvalue weighted by atomic mass is 9.76. The number of rotatable bonds is 4. The minimum atomic E-state index is -0.543. The maximum atomic E-state index is 13.5. The number of nitrogens with one attached hydrogen (secondary N) is 1. The van der Waals surface area contributed by atoms with Crippen molar-refractivity contribution in [1.29, 1.82) is 0 Å². The molecule has 0 unspecified atom stereocenters. The van der Waals surface area contributed by atoms with E-state index in [0.29, 0.717) is 24.1 Å². The van der Waals surface area contributed by atoms with Crippen LogP contribution in [0.2, 0.25) is 5.02 Å². The summed E-state index contributed by atoms with van der Waals surface area (Å²) in [4.78, 5) is 0. The number of hydrogen-bond acceptors (Lipinski definition) is 1. The van der Waals surface area contributed by atoms with E-state index in [-0.39, 0.29) is 0 Å². The van der Waals surface area contributed by atoms with Gasteiger partial charge in [0, 0.05) is 29.2 Å². The van der Waals surface area contributed by atoms with Crippen molar-refractivity contribution in [2.24, 2.45) is 0 Å². The summed E-state index contributed by atoms with van der Waals surface area (Å²) >= 11 is 6.18. The van der Waals surface area contributed by atoms with Gasteiger partial charge in [0.2, 0.25) is 0 Å². The monoisotopic (exact) mass is 307 g/mol. The van der Waals surface area contributed by atoms with Crippen molar-refractivity contribution in [3.8, 4) is 0 Å². The first kappa shape index (κ1) is 14.5. The fourth-order valence-electron chi connectivity index (χ4n) is 2.76. The quantitative estimate of drug-likeness (QED) is 0.866. The van der Waals surface area contributed by atoms with E-state index in [2.05, 4.69) is 11.4 Å². The van der Waals surface area contributed by atoms with Crippen molar-refractivity contribution in [2.75, 3.05) is 0 Å². The third-order valence-electron chi connectivity index (χ3n) is 4.08. The van der Waals surface area contributed by atoms with E-state index in [1.807, 2.05) is 18.2 Å². The molecule has 1 fully saturated rings. The number of halogens is 3. The van der Waals surface area contributed by atoms with Crippen molar-refractivity contribution >= 4 is 11.6 Å². The zero-order valence-electron chi connectivity index (χ0n) is 11.5. The zero-order chi connectivity index (χ0) is 14.8. The van der Waals surface area contributed by atoms with Gasteiger partial charge in [-0.25, -0.2) is 8.78 Å². The van der Waals surface area contributed by atoms with Crippen LogP contribution in [0, 0.1) is 11.6 Å². The van der Waals surface area contributed by atoms with E-state index in [9.17, 15) is 8.78 Å². The summed E-state index contributed by atoms with van der Waals surface area (Å²) in [5.74, 6) is -0.572. The van der Waals surface area contributed by atoms with Gasteiger partial charge in [-0.15, -0.1) is 0 Å². The van der Waals surface area contributed by atoms with Gasteiger partial charge in [0.15, 0.2) is 0 Å². The Bertz CT molecular complexity index is 638. The molecule has 0 heterocycles. The van der Waals surface area contributed by atoms with Crippen molar-refractivity contribution in [3.63, 3.8) is 0 Å². The molecule has 110 valence electrons. The van der Waals surface area contributed by atoms with Gasteiger partial charge >= 0.3 is 0 Å². The molecule has 2 aromatic carbocycles. The Morgan fingerprint density at radius 2 is 1.86 bits per heavy atom. The van der Waals surface area contributed by atoms with Crippen LogP contribution in [-0.4, -0.2) is 6.04 Å². The summed E-state index contributed by atoms with van der Waals surface area (Å²) in [6, 6.07) is 11.9. The molecule has 1 saturated carbocycles. The Morgan fingerprint density at radius 1 is 1.10 bits per heavy atom. The minimum absolute atomic E-state index is 0.357. The maximum Gasteiger partial charge on any atom is 0.130 e. The van der Waals surface area contributed by atoms with Gasteiger partial charge in [0.1, 0.15) is 11.6 Å². The summed E-state index contributed by atoms with van der Waals surface area (Å²) in [5.41, 5.74) is 1.68. The van der Waals surface area contributed by atoms with E-state index >= 15 is 0 Å². The van der Waals surface area contributed by atoms with Crippen molar-refractivity contribution in [2.45, 2.75) is 31.3 Å². The Balaban J connectivity index is 1.52. The standard InChI is InChI=1S/C17H16ClF2N/c18-16-4-2-1-3-15(16)12-7-14(8-12)21-10-11-5-6-13(19)9-17(11)20/h1-6,9,12,14,21H,7-8,10H2. The largest absolute Gasteiger partial charge is 0.310 e. The lowest BCUT2D eigenvalue weighted by molar-refractivity contribution is 0.288. The minimum Gasteiger partial charge on any atom is -0.310 e. The molecule has 21 heavy (non-hydrogen) atoms. The second-order valence-electron chi connectivity index (χ2n) is 5.50. The second-order valence-corrected chi connectivity index (χ2v) is 5.91. The van der Waals surface area contributed by atoms with E-state index in [1.54, 1.807) is 0 Å². The van der Waals surface area contributed by atoms with Crippen LogP contribution >= 0.6 is 11.6 Å². The first-order chi connectivity index (χ1) is 10.1. The molecular weight excluding hydrogens is 292 g/mol. The van der Waals surface area contributed by atoms with Crippen LogP contribution in [-0.2, 0) is 6.54 Å². The van der Waals surface area contributed by atoms with Crippen LogP contribution in [0.25, 0.3) is 0 Å². The molecule has 0 radical (unpaired) electrons. The Labute approximate surface area is 127 Å². The molecule has 1 nitrogen and oxygen atoms in total. The molecule has 1 aliphatic rings. The fraction of sp³-hybridized carbons (Fsp3) is 0.294. The van der Waals surface area contributed by atoms with E-state index in [4.69, 9.17) is 11.6 Å². The highest BCUT2D eigenvalue weighted by molar-refractivity contribution is 6.31. The SMILES string of the molecule is Fc1ccc(CNC2CC(c3ccccc3Cl)C2)c(F)c1. The van der Waals surface area contributed by atoms with Crippen molar-refractivity contribution in [3.05, 3.63) is 70.2 Å². The Morgan fingerprint density at radius 3 is 2.57 bits per heavy atom. The lowest BCUT2D eigenvalue weighted by Crippen LogP contribution is -2.39. The van der Waals surface area contributed by atoms with Crippen LogP contribution in [0.4, 0.5) is 8.78 Å². The highest BCUT2D eigenvalue weighted by Crippen LogP contribution is 2.39. The zero-order valence-corrected chi connectivity index (χ0v) is 12.2. The molecule has 0 saturated heterocycles. The van der Waals surface area contributed by atoms with Gasteiger partial charge < -0.3 is 5.32 Å². The topological polar surface area (TPSA) is 12.0 Å². The third kappa shape index (κ3) is 3.25. The molecule has 0 aliphatic heterocycles. The van der Waals surface area contributed by atoms with Crippen LogP contribution in [0.15, 0.2) is 42.5 Å². The normalized spacial score (nSPS) is 21.1. The first-order valence-electron chi connectivity index (χ1n) is 7.05. The summed E-state index contributed by atoms with van der Waals surface area (Å²) in [6.07, 6.45) is 1.99. The molecule has 3 rings (SSSR count). The first-order valence-corrected chi connectivity index (χ1v) is 7.43. The van der Waals surface area contributed by atoms with E-state index in [0.717, 1.165) is 23.9 Å². The predicted molar refractivity (Wildman–Crippen MR) is 80.4 cm³/mol. The van der Waals surface area contributed by atoms with E-state index in [1.165, 1.54) is 17.7 Å². The molecule has 4 heteroatoms. The van der Waals surface area contributed by atoms with Crippen LogP contribution in [0.1, 0.15) is 29.9 Å². The van der Waals surface area contributed by atoms with E-state index < -0.39 is 11.6 Å².